The lowest BCUT2D eigenvalue weighted by Gasteiger charge is -2.16. The number of aliphatic carboxylic acids is 1. The van der Waals surface area contributed by atoms with Gasteiger partial charge in [-0.15, -0.1) is 0 Å². The largest absolute Gasteiger partial charge is 0.482 e. The van der Waals surface area contributed by atoms with Gasteiger partial charge in [0.1, 0.15) is 11.3 Å². The van der Waals surface area contributed by atoms with Gasteiger partial charge in [-0.1, -0.05) is 12.1 Å². The van der Waals surface area contributed by atoms with Gasteiger partial charge in [0.05, 0.1) is 0 Å². The number of carboxylic acids is 1. The second kappa shape index (κ2) is 6.14. The zero-order valence-corrected chi connectivity index (χ0v) is 11.4. The van der Waals surface area contributed by atoms with Crippen molar-refractivity contribution in [2.45, 2.75) is 0 Å². The number of thiocarbonyl (C=S) groups is 1. The molecule has 1 saturated heterocycles. The van der Waals surface area contributed by atoms with Gasteiger partial charge >= 0.3 is 5.97 Å². The van der Waals surface area contributed by atoms with Gasteiger partial charge in [-0.25, -0.2) is 4.79 Å². The number of carbonyl (C=O) groups is 3. The molecule has 0 aliphatic carbocycles. The van der Waals surface area contributed by atoms with Gasteiger partial charge in [0.25, 0.3) is 11.8 Å². The first kappa shape index (κ1) is 14.7. The van der Waals surface area contributed by atoms with E-state index in [9.17, 15) is 14.4 Å². The van der Waals surface area contributed by atoms with Crippen LogP contribution in [-0.4, -0.2) is 34.6 Å². The fourth-order valence-electron chi connectivity index (χ4n) is 1.61. The first-order chi connectivity index (χ1) is 9.95. The van der Waals surface area contributed by atoms with E-state index in [0.29, 0.717) is 11.3 Å². The van der Waals surface area contributed by atoms with E-state index in [4.69, 9.17) is 22.1 Å². The van der Waals surface area contributed by atoms with Crippen LogP contribution < -0.4 is 15.4 Å². The van der Waals surface area contributed by atoms with Crippen molar-refractivity contribution in [3.05, 3.63) is 35.4 Å². The zero-order chi connectivity index (χ0) is 15.4. The molecule has 0 unspecified atom stereocenters. The minimum absolute atomic E-state index is 0.0410. The molecule has 0 bridgehead atoms. The van der Waals surface area contributed by atoms with Crippen LogP contribution in [0.25, 0.3) is 6.08 Å². The number of rotatable bonds is 4. The summed E-state index contributed by atoms with van der Waals surface area (Å²) in [6, 6.07) is 6.35. The molecule has 3 N–H and O–H groups in total. The fourth-order valence-corrected chi connectivity index (χ4v) is 1.80. The topological polar surface area (TPSA) is 105 Å². The van der Waals surface area contributed by atoms with Gasteiger partial charge < -0.3 is 9.84 Å². The van der Waals surface area contributed by atoms with Crippen LogP contribution in [0.2, 0.25) is 0 Å². The Bertz CT molecular complexity index is 646. The third kappa shape index (κ3) is 3.86. The Kier molecular flexibility index (Phi) is 4.29. The van der Waals surface area contributed by atoms with Crippen molar-refractivity contribution in [1.82, 2.24) is 10.6 Å². The van der Waals surface area contributed by atoms with Crippen LogP contribution in [0.15, 0.2) is 29.8 Å². The molecular weight excluding hydrogens is 296 g/mol. The van der Waals surface area contributed by atoms with Crippen molar-refractivity contribution in [2.75, 3.05) is 6.61 Å². The average Bonchev–Trinajstić information content (AvgIpc) is 2.41. The molecule has 1 aliphatic heterocycles. The van der Waals surface area contributed by atoms with Crippen LogP contribution in [-0.2, 0) is 14.4 Å². The maximum Gasteiger partial charge on any atom is 0.341 e. The molecule has 108 valence electrons. The number of ether oxygens (including phenoxy) is 1. The van der Waals surface area contributed by atoms with Crippen molar-refractivity contribution >= 4 is 41.2 Å². The van der Waals surface area contributed by atoms with Crippen molar-refractivity contribution in [2.24, 2.45) is 0 Å². The van der Waals surface area contributed by atoms with Gasteiger partial charge in [-0.3, -0.25) is 20.2 Å². The Morgan fingerprint density at radius 3 is 2.57 bits per heavy atom. The van der Waals surface area contributed by atoms with E-state index in [-0.39, 0.29) is 10.7 Å². The Morgan fingerprint density at radius 2 is 1.95 bits per heavy atom. The quantitative estimate of drug-likeness (QED) is 0.413. The molecule has 2 amide bonds. The van der Waals surface area contributed by atoms with Crippen molar-refractivity contribution < 1.29 is 24.2 Å². The van der Waals surface area contributed by atoms with Crippen LogP contribution in [0, 0.1) is 0 Å². The highest BCUT2D eigenvalue weighted by Gasteiger charge is 2.25. The van der Waals surface area contributed by atoms with E-state index in [0.717, 1.165) is 0 Å². The summed E-state index contributed by atoms with van der Waals surface area (Å²) in [5, 5.41) is 13.1. The maximum atomic E-state index is 11.7. The fraction of sp³-hybridized carbons (Fsp3) is 0.0769. The van der Waals surface area contributed by atoms with E-state index in [1.165, 1.54) is 12.1 Å². The Hall–Kier alpha value is -2.74. The number of hydrogen-bond acceptors (Lipinski definition) is 5. The van der Waals surface area contributed by atoms with E-state index >= 15 is 0 Å². The minimum Gasteiger partial charge on any atom is -0.482 e. The second-order valence-corrected chi connectivity index (χ2v) is 4.46. The summed E-state index contributed by atoms with van der Waals surface area (Å²) in [4.78, 5) is 33.8. The molecule has 21 heavy (non-hydrogen) atoms. The van der Waals surface area contributed by atoms with Crippen LogP contribution in [0.5, 0.6) is 5.75 Å². The summed E-state index contributed by atoms with van der Waals surface area (Å²) in [5.74, 6) is -1.97. The van der Waals surface area contributed by atoms with E-state index in [1.54, 1.807) is 18.2 Å². The van der Waals surface area contributed by atoms with Gasteiger partial charge in [-0.05, 0) is 36.0 Å². The lowest BCUT2D eigenvalue weighted by Crippen LogP contribution is -2.51. The summed E-state index contributed by atoms with van der Waals surface area (Å²) in [6.07, 6.45) is 1.36. The normalized spacial score (nSPS) is 14.3. The number of carboxylic acid groups (broad SMARTS) is 1. The molecule has 1 aliphatic rings. The van der Waals surface area contributed by atoms with Crippen molar-refractivity contribution in [3.63, 3.8) is 0 Å². The predicted octanol–water partition coefficient (Wildman–Crippen LogP) is 0.0643. The summed E-state index contributed by atoms with van der Waals surface area (Å²) >= 11 is 4.69. The first-order valence-corrected chi connectivity index (χ1v) is 6.19. The third-order valence-corrected chi connectivity index (χ3v) is 2.68. The number of hydrogen-bond donors (Lipinski definition) is 3. The Labute approximate surface area is 124 Å². The molecule has 1 heterocycles. The molecular formula is C13H10N2O5S. The third-order valence-electron chi connectivity index (χ3n) is 2.47. The summed E-state index contributed by atoms with van der Waals surface area (Å²) < 4.78 is 5.02. The molecule has 0 radical (unpaired) electrons. The summed E-state index contributed by atoms with van der Waals surface area (Å²) in [5.41, 5.74) is 0.421. The lowest BCUT2D eigenvalue weighted by atomic mass is 10.1. The minimum atomic E-state index is -1.10. The first-order valence-electron chi connectivity index (χ1n) is 5.79. The molecule has 0 aromatic heterocycles. The van der Waals surface area contributed by atoms with Crippen LogP contribution in [0.3, 0.4) is 0 Å². The SMILES string of the molecule is O=C(O)COc1cccc(C=C2C(=O)NC(=S)NC2=O)c1. The molecule has 1 aromatic rings. The van der Waals surface area contributed by atoms with E-state index < -0.39 is 24.4 Å². The molecule has 2 rings (SSSR count). The zero-order valence-electron chi connectivity index (χ0n) is 10.6. The van der Waals surface area contributed by atoms with Gasteiger partial charge in [0, 0.05) is 0 Å². The molecule has 8 heteroatoms. The van der Waals surface area contributed by atoms with Crippen LogP contribution >= 0.6 is 12.2 Å². The maximum absolute atomic E-state index is 11.7. The molecule has 1 fully saturated rings. The standard InChI is InChI=1S/C13H10N2O5S/c16-10(17)6-20-8-3-1-2-7(4-8)5-9-11(18)14-13(21)15-12(9)19/h1-5H,6H2,(H,16,17)(H2,14,15,18,19,21). The Balaban J connectivity index is 2.22. The molecule has 0 atom stereocenters. The second-order valence-electron chi connectivity index (χ2n) is 4.05. The highest BCUT2D eigenvalue weighted by atomic mass is 32.1. The predicted molar refractivity (Wildman–Crippen MR) is 76.4 cm³/mol. The molecule has 0 spiro atoms. The van der Waals surface area contributed by atoms with Gasteiger partial charge in [-0.2, -0.15) is 0 Å². The average molecular weight is 306 g/mol. The monoisotopic (exact) mass is 306 g/mol. The molecule has 0 saturated carbocycles. The van der Waals surface area contributed by atoms with Crippen molar-refractivity contribution in [1.29, 1.82) is 0 Å². The number of amides is 2. The number of benzene rings is 1. The van der Waals surface area contributed by atoms with Gasteiger partial charge in [0.15, 0.2) is 11.7 Å². The molecule has 7 nitrogen and oxygen atoms in total. The highest BCUT2D eigenvalue weighted by molar-refractivity contribution is 7.80. The van der Waals surface area contributed by atoms with Crippen molar-refractivity contribution in [3.8, 4) is 5.75 Å². The van der Waals surface area contributed by atoms with E-state index in [1.807, 2.05) is 0 Å². The summed E-state index contributed by atoms with van der Waals surface area (Å²) in [7, 11) is 0. The lowest BCUT2D eigenvalue weighted by molar-refractivity contribution is -0.139. The molecule has 1 aromatic carbocycles. The summed E-state index contributed by atoms with van der Waals surface area (Å²) in [6.45, 7) is -0.477. The number of nitrogens with one attached hydrogen (secondary N) is 2. The van der Waals surface area contributed by atoms with E-state index in [2.05, 4.69) is 10.6 Å². The van der Waals surface area contributed by atoms with Crippen LogP contribution in [0.1, 0.15) is 5.56 Å². The van der Waals surface area contributed by atoms with Crippen LogP contribution in [0.4, 0.5) is 0 Å². The van der Waals surface area contributed by atoms with Gasteiger partial charge in [0.2, 0.25) is 0 Å². The number of carbonyl (C=O) groups excluding carboxylic acids is 2. The smallest absolute Gasteiger partial charge is 0.341 e. The Morgan fingerprint density at radius 1 is 1.29 bits per heavy atom. The highest BCUT2D eigenvalue weighted by Crippen LogP contribution is 2.16.